The number of thiocarbonyl (C=S) groups is 1. The van der Waals surface area contributed by atoms with Crippen molar-refractivity contribution in [2.45, 2.75) is 27.7 Å². The SMILES string of the molecule is CC(C)COc1ccccc1NC(=S)NC(=O)C(C)C. The highest BCUT2D eigenvalue weighted by Crippen LogP contribution is 2.24. The third-order valence-corrected chi connectivity index (χ3v) is 2.67. The Morgan fingerprint density at radius 1 is 1.25 bits per heavy atom. The fraction of sp³-hybridized carbons (Fsp3) is 0.467. The lowest BCUT2D eigenvalue weighted by Gasteiger charge is -2.15. The summed E-state index contributed by atoms with van der Waals surface area (Å²) in [6.45, 7) is 8.44. The van der Waals surface area contributed by atoms with Gasteiger partial charge in [-0.2, -0.15) is 0 Å². The zero-order valence-corrected chi connectivity index (χ0v) is 13.2. The maximum Gasteiger partial charge on any atom is 0.228 e. The molecule has 20 heavy (non-hydrogen) atoms. The van der Waals surface area contributed by atoms with Crippen LogP contribution in [0, 0.1) is 11.8 Å². The third kappa shape index (κ3) is 5.57. The molecule has 110 valence electrons. The molecule has 0 aliphatic carbocycles. The van der Waals surface area contributed by atoms with Gasteiger partial charge in [0.2, 0.25) is 5.91 Å². The Kier molecular flexibility index (Phi) is 6.45. The molecule has 0 fully saturated rings. The normalized spacial score (nSPS) is 10.5. The van der Waals surface area contributed by atoms with Crippen molar-refractivity contribution in [2.75, 3.05) is 11.9 Å². The molecule has 2 N–H and O–H groups in total. The number of hydrogen-bond donors (Lipinski definition) is 2. The molecule has 0 aromatic heterocycles. The molecular formula is C15H22N2O2S. The Labute approximate surface area is 125 Å². The molecule has 4 nitrogen and oxygen atoms in total. The Morgan fingerprint density at radius 2 is 1.90 bits per heavy atom. The number of carbonyl (C=O) groups excluding carboxylic acids is 1. The monoisotopic (exact) mass is 294 g/mol. The quantitative estimate of drug-likeness (QED) is 0.819. The average Bonchev–Trinajstić information content (AvgIpc) is 2.37. The van der Waals surface area contributed by atoms with Crippen LogP contribution in [0.25, 0.3) is 0 Å². The lowest BCUT2D eigenvalue weighted by atomic mass is 10.2. The van der Waals surface area contributed by atoms with Gasteiger partial charge in [-0.1, -0.05) is 39.8 Å². The molecular weight excluding hydrogens is 272 g/mol. The first kappa shape index (κ1) is 16.4. The van der Waals surface area contributed by atoms with E-state index in [1.54, 1.807) is 0 Å². The van der Waals surface area contributed by atoms with E-state index in [1.807, 2.05) is 38.1 Å². The highest BCUT2D eigenvalue weighted by Gasteiger charge is 2.10. The largest absolute Gasteiger partial charge is 0.491 e. The van der Waals surface area contributed by atoms with Gasteiger partial charge in [0, 0.05) is 5.92 Å². The number of amides is 1. The molecule has 0 radical (unpaired) electrons. The highest BCUT2D eigenvalue weighted by molar-refractivity contribution is 7.80. The van der Waals surface area contributed by atoms with Crippen LogP contribution in [0.3, 0.4) is 0 Å². The van der Waals surface area contributed by atoms with Gasteiger partial charge >= 0.3 is 0 Å². The Morgan fingerprint density at radius 3 is 2.50 bits per heavy atom. The molecule has 0 heterocycles. The van der Waals surface area contributed by atoms with E-state index in [2.05, 4.69) is 24.5 Å². The number of hydrogen-bond acceptors (Lipinski definition) is 3. The summed E-state index contributed by atoms with van der Waals surface area (Å²) in [5.74, 6) is 0.947. The molecule has 1 rings (SSSR count). The van der Waals surface area contributed by atoms with Crippen LogP contribution in [0.1, 0.15) is 27.7 Å². The summed E-state index contributed by atoms with van der Waals surface area (Å²) in [6.07, 6.45) is 0. The zero-order chi connectivity index (χ0) is 15.1. The minimum absolute atomic E-state index is 0.108. The molecule has 0 saturated heterocycles. The van der Waals surface area contributed by atoms with Gasteiger partial charge < -0.3 is 15.4 Å². The van der Waals surface area contributed by atoms with Crippen LogP contribution in [0.2, 0.25) is 0 Å². The first-order valence-electron chi connectivity index (χ1n) is 6.73. The number of ether oxygens (including phenoxy) is 1. The summed E-state index contributed by atoms with van der Waals surface area (Å²) >= 11 is 5.13. The smallest absolute Gasteiger partial charge is 0.228 e. The molecule has 1 aromatic rings. The van der Waals surface area contributed by atoms with Crippen molar-refractivity contribution in [3.05, 3.63) is 24.3 Å². The number of carbonyl (C=O) groups is 1. The van der Waals surface area contributed by atoms with Crippen molar-refractivity contribution < 1.29 is 9.53 Å². The van der Waals surface area contributed by atoms with Crippen LogP contribution in [0.4, 0.5) is 5.69 Å². The van der Waals surface area contributed by atoms with Crippen LogP contribution in [-0.2, 0) is 4.79 Å². The molecule has 5 heteroatoms. The van der Waals surface area contributed by atoms with Crippen LogP contribution in [-0.4, -0.2) is 17.6 Å². The van der Waals surface area contributed by atoms with Crippen molar-refractivity contribution in [2.24, 2.45) is 11.8 Å². The van der Waals surface area contributed by atoms with Crippen LogP contribution in [0.15, 0.2) is 24.3 Å². The van der Waals surface area contributed by atoms with Crippen molar-refractivity contribution in [1.82, 2.24) is 5.32 Å². The Bertz CT molecular complexity index is 473. The standard InChI is InChI=1S/C15H22N2O2S/c1-10(2)9-19-13-8-6-5-7-12(13)16-15(20)17-14(18)11(3)4/h5-8,10-11H,9H2,1-4H3,(H2,16,17,18,20). The molecule has 0 bridgehead atoms. The number of rotatable bonds is 5. The summed E-state index contributed by atoms with van der Waals surface area (Å²) in [7, 11) is 0. The highest BCUT2D eigenvalue weighted by atomic mass is 32.1. The van der Waals surface area contributed by atoms with Crippen LogP contribution < -0.4 is 15.4 Å². The van der Waals surface area contributed by atoms with Gasteiger partial charge in [0.05, 0.1) is 12.3 Å². The van der Waals surface area contributed by atoms with Crippen molar-refractivity contribution >= 4 is 28.9 Å². The van der Waals surface area contributed by atoms with Gasteiger partial charge in [-0.3, -0.25) is 4.79 Å². The molecule has 0 saturated carbocycles. The first-order valence-corrected chi connectivity index (χ1v) is 7.14. The lowest BCUT2D eigenvalue weighted by molar-refractivity contribution is -0.122. The van der Waals surface area contributed by atoms with E-state index in [1.165, 1.54) is 0 Å². The number of anilines is 1. The van der Waals surface area contributed by atoms with Gasteiger partial charge in [0.1, 0.15) is 5.75 Å². The van der Waals surface area contributed by atoms with E-state index in [0.717, 1.165) is 11.4 Å². The van der Waals surface area contributed by atoms with Gasteiger partial charge in [0.25, 0.3) is 0 Å². The zero-order valence-electron chi connectivity index (χ0n) is 12.4. The van der Waals surface area contributed by atoms with E-state index in [0.29, 0.717) is 12.5 Å². The van der Waals surface area contributed by atoms with E-state index in [4.69, 9.17) is 17.0 Å². The molecule has 1 amide bonds. The molecule has 0 spiro atoms. The van der Waals surface area contributed by atoms with Crippen molar-refractivity contribution in [3.63, 3.8) is 0 Å². The number of benzene rings is 1. The fourth-order valence-electron chi connectivity index (χ4n) is 1.36. The number of para-hydroxylation sites is 2. The Balaban J connectivity index is 2.67. The summed E-state index contributed by atoms with van der Waals surface area (Å²) in [4.78, 5) is 11.6. The molecule has 0 unspecified atom stereocenters. The van der Waals surface area contributed by atoms with Gasteiger partial charge in [-0.25, -0.2) is 0 Å². The maximum atomic E-state index is 11.6. The van der Waals surface area contributed by atoms with Gasteiger partial charge in [-0.05, 0) is 30.3 Å². The summed E-state index contributed by atoms with van der Waals surface area (Å²) < 4.78 is 5.72. The second kappa shape index (κ2) is 7.85. The second-order valence-electron chi connectivity index (χ2n) is 5.30. The molecule has 0 aliphatic heterocycles. The molecule has 0 atom stereocenters. The van der Waals surface area contributed by atoms with E-state index in [9.17, 15) is 4.79 Å². The average molecular weight is 294 g/mol. The molecule has 0 aliphatic rings. The van der Waals surface area contributed by atoms with Gasteiger partial charge in [-0.15, -0.1) is 0 Å². The third-order valence-electron chi connectivity index (χ3n) is 2.47. The maximum absolute atomic E-state index is 11.6. The van der Waals surface area contributed by atoms with Gasteiger partial charge in [0.15, 0.2) is 5.11 Å². The summed E-state index contributed by atoms with van der Waals surface area (Å²) in [5, 5.41) is 5.92. The van der Waals surface area contributed by atoms with Crippen LogP contribution in [0.5, 0.6) is 5.75 Å². The topological polar surface area (TPSA) is 50.4 Å². The van der Waals surface area contributed by atoms with E-state index >= 15 is 0 Å². The lowest BCUT2D eigenvalue weighted by Crippen LogP contribution is -2.36. The van der Waals surface area contributed by atoms with Crippen LogP contribution >= 0.6 is 12.2 Å². The minimum Gasteiger partial charge on any atom is -0.491 e. The minimum atomic E-state index is -0.109. The summed E-state index contributed by atoms with van der Waals surface area (Å²) in [6, 6.07) is 7.52. The Hall–Kier alpha value is -1.62. The predicted molar refractivity (Wildman–Crippen MR) is 86.0 cm³/mol. The first-order chi connectivity index (χ1) is 9.40. The van der Waals surface area contributed by atoms with E-state index < -0.39 is 0 Å². The fourth-order valence-corrected chi connectivity index (χ4v) is 1.57. The summed E-state index contributed by atoms with van der Waals surface area (Å²) in [5.41, 5.74) is 0.752. The van der Waals surface area contributed by atoms with Crippen molar-refractivity contribution in [1.29, 1.82) is 0 Å². The predicted octanol–water partition coefficient (Wildman–Crippen LogP) is 3.19. The van der Waals surface area contributed by atoms with Crippen molar-refractivity contribution in [3.8, 4) is 5.75 Å². The second-order valence-corrected chi connectivity index (χ2v) is 5.71. The van der Waals surface area contributed by atoms with E-state index in [-0.39, 0.29) is 16.9 Å². The molecule has 1 aromatic carbocycles. The number of nitrogens with one attached hydrogen (secondary N) is 2.